The fourth-order valence-electron chi connectivity index (χ4n) is 2.58. The fourth-order valence-corrected chi connectivity index (χ4v) is 3.32. The Morgan fingerprint density at radius 2 is 2.00 bits per heavy atom. The molecule has 0 fully saturated rings. The lowest BCUT2D eigenvalue weighted by atomic mass is 9.99. The van der Waals surface area contributed by atoms with Crippen LogP contribution in [0.15, 0.2) is 27.8 Å². The summed E-state index contributed by atoms with van der Waals surface area (Å²) in [5.74, 6) is 0.176. The molecule has 8 nitrogen and oxygen atoms in total. The SMILES string of the molecule is CCC(C)C(NC(=O)OC(C)(C)C)c1nnc(SCC(=O)Nc2cccc(Cl)c2C)o1. The zero-order valence-electron chi connectivity index (χ0n) is 18.6. The van der Waals surface area contributed by atoms with E-state index in [0.717, 1.165) is 23.7 Å². The van der Waals surface area contributed by atoms with Crippen molar-refractivity contribution in [3.63, 3.8) is 0 Å². The molecule has 170 valence electrons. The number of rotatable bonds is 8. The highest BCUT2D eigenvalue weighted by Crippen LogP contribution is 2.27. The van der Waals surface area contributed by atoms with E-state index < -0.39 is 17.7 Å². The van der Waals surface area contributed by atoms with E-state index in [9.17, 15) is 9.59 Å². The van der Waals surface area contributed by atoms with Crippen molar-refractivity contribution >= 4 is 41.1 Å². The van der Waals surface area contributed by atoms with E-state index in [0.29, 0.717) is 10.7 Å². The molecular formula is C21H29ClN4O4S. The van der Waals surface area contributed by atoms with Crippen molar-refractivity contribution in [3.8, 4) is 0 Å². The van der Waals surface area contributed by atoms with E-state index in [1.807, 2.05) is 20.8 Å². The number of halogens is 1. The molecule has 0 saturated heterocycles. The summed E-state index contributed by atoms with van der Waals surface area (Å²) in [6.45, 7) is 11.2. The van der Waals surface area contributed by atoms with Crippen LogP contribution in [0.1, 0.15) is 58.5 Å². The summed E-state index contributed by atoms with van der Waals surface area (Å²) in [7, 11) is 0. The molecule has 0 saturated carbocycles. The van der Waals surface area contributed by atoms with Gasteiger partial charge in [-0.1, -0.05) is 49.7 Å². The van der Waals surface area contributed by atoms with Crippen molar-refractivity contribution < 1.29 is 18.7 Å². The van der Waals surface area contributed by atoms with Crippen LogP contribution in [0.25, 0.3) is 0 Å². The summed E-state index contributed by atoms with van der Waals surface area (Å²) >= 11 is 7.20. The van der Waals surface area contributed by atoms with E-state index in [1.165, 1.54) is 0 Å². The summed E-state index contributed by atoms with van der Waals surface area (Å²) in [4.78, 5) is 24.5. The van der Waals surface area contributed by atoms with E-state index in [4.69, 9.17) is 20.8 Å². The zero-order chi connectivity index (χ0) is 23.2. The number of carbonyl (C=O) groups is 2. The quantitative estimate of drug-likeness (QED) is 0.501. The molecule has 1 aromatic carbocycles. The van der Waals surface area contributed by atoms with Gasteiger partial charge in [0.1, 0.15) is 11.6 Å². The van der Waals surface area contributed by atoms with E-state index in [2.05, 4.69) is 20.8 Å². The average molecular weight is 469 g/mol. The van der Waals surface area contributed by atoms with Gasteiger partial charge in [0, 0.05) is 10.7 Å². The van der Waals surface area contributed by atoms with Gasteiger partial charge in [-0.25, -0.2) is 4.79 Å². The van der Waals surface area contributed by atoms with Crippen molar-refractivity contribution in [2.75, 3.05) is 11.1 Å². The number of hydrogen-bond acceptors (Lipinski definition) is 7. The number of aromatic nitrogens is 2. The van der Waals surface area contributed by atoms with Crippen molar-refractivity contribution in [1.29, 1.82) is 0 Å². The summed E-state index contributed by atoms with van der Waals surface area (Å²) < 4.78 is 11.0. The predicted molar refractivity (Wildman–Crippen MR) is 121 cm³/mol. The third-order valence-corrected chi connectivity index (χ3v) is 5.67. The normalized spacial score (nSPS) is 13.4. The molecule has 2 unspecified atom stereocenters. The molecule has 2 amide bonds. The maximum Gasteiger partial charge on any atom is 0.408 e. The first-order valence-electron chi connectivity index (χ1n) is 10.0. The second-order valence-corrected chi connectivity index (χ2v) is 9.50. The molecule has 0 aliphatic heterocycles. The maximum absolute atomic E-state index is 12.3. The Balaban J connectivity index is 2.00. The lowest BCUT2D eigenvalue weighted by Crippen LogP contribution is -2.37. The number of hydrogen-bond donors (Lipinski definition) is 2. The smallest absolute Gasteiger partial charge is 0.408 e. The van der Waals surface area contributed by atoms with Gasteiger partial charge in [0.05, 0.1) is 5.75 Å². The minimum atomic E-state index is -0.616. The van der Waals surface area contributed by atoms with Crippen molar-refractivity contribution in [2.45, 2.75) is 64.8 Å². The number of anilines is 1. The first-order valence-corrected chi connectivity index (χ1v) is 11.4. The van der Waals surface area contributed by atoms with Crippen LogP contribution in [0.2, 0.25) is 5.02 Å². The Hall–Kier alpha value is -2.26. The Labute approximate surface area is 191 Å². The van der Waals surface area contributed by atoms with Crippen LogP contribution < -0.4 is 10.6 Å². The van der Waals surface area contributed by atoms with Crippen LogP contribution in [0, 0.1) is 12.8 Å². The van der Waals surface area contributed by atoms with Gasteiger partial charge >= 0.3 is 6.09 Å². The highest BCUT2D eigenvalue weighted by atomic mass is 35.5. The highest BCUT2D eigenvalue weighted by molar-refractivity contribution is 7.99. The van der Waals surface area contributed by atoms with E-state index >= 15 is 0 Å². The topological polar surface area (TPSA) is 106 Å². The molecule has 0 aliphatic carbocycles. The van der Waals surface area contributed by atoms with E-state index in [-0.39, 0.29) is 28.7 Å². The molecule has 2 aromatic rings. The second-order valence-electron chi connectivity index (χ2n) is 8.16. The number of ether oxygens (including phenoxy) is 1. The van der Waals surface area contributed by atoms with Crippen LogP contribution >= 0.6 is 23.4 Å². The number of thioether (sulfide) groups is 1. The molecule has 2 rings (SSSR count). The minimum absolute atomic E-state index is 0.0416. The van der Waals surface area contributed by atoms with Gasteiger partial charge in [-0.3, -0.25) is 4.79 Å². The number of benzene rings is 1. The van der Waals surface area contributed by atoms with E-state index in [1.54, 1.807) is 39.0 Å². The van der Waals surface area contributed by atoms with Crippen molar-refractivity contribution in [1.82, 2.24) is 15.5 Å². The van der Waals surface area contributed by atoms with Gasteiger partial charge in [0.2, 0.25) is 11.8 Å². The number of nitrogens with zero attached hydrogens (tertiary/aromatic N) is 2. The molecule has 1 aromatic heterocycles. The monoisotopic (exact) mass is 468 g/mol. The van der Waals surface area contributed by atoms with Crippen molar-refractivity contribution in [2.24, 2.45) is 5.92 Å². The van der Waals surface area contributed by atoms with Crippen LogP contribution in [0.5, 0.6) is 0 Å². The lowest BCUT2D eigenvalue weighted by molar-refractivity contribution is -0.113. The number of nitrogens with one attached hydrogen (secondary N) is 2. The molecule has 10 heteroatoms. The summed E-state index contributed by atoms with van der Waals surface area (Å²) in [6.07, 6.45) is 0.230. The molecule has 2 atom stereocenters. The summed E-state index contributed by atoms with van der Waals surface area (Å²) in [5.41, 5.74) is 0.837. The molecule has 0 spiro atoms. The fraction of sp³-hybridized carbons (Fsp3) is 0.524. The average Bonchev–Trinajstić information content (AvgIpc) is 3.15. The van der Waals surface area contributed by atoms with Crippen LogP contribution in [-0.2, 0) is 9.53 Å². The number of amides is 2. The Morgan fingerprint density at radius 1 is 1.29 bits per heavy atom. The molecular weight excluding hydrogens is 440 g/mol. The molecule has 2 N–H and O–H groups in total. The third-order valence-electron chi connectivity index (χ3n) is 4.44. The number of carbonyl (C=O) groups excluding carboxylic acids is 2. The third kappa shape index (κ3) is 7.74. The minimum Gasteiger partial charge on any atom is -0.444 e. The molecule has 0 aliphatic rings. The summed E-state index contributed by atoms with van der Waals surface area (Å²) in [6, 6.07) is 4.83. The highest BCUT2D eigenvalue weighted by Gasteiger charge is 2.28. The Kier molecular flexibility index (Phi) is 8.76. The first-order chi connectivity index (χ1) is 14.5. The maximum atomic E-state index is 12.3. The van der Waals surface area contributed by atoms with Gasteiger partial charge in [-0.15, -0.1) is 10.2 Å². The molecule has 0 radical (unpaired) electrons. The summed E-state index contributed by atoms with van der Waals surface area (Å²) in [5, 5.41) is 14.5. The Bertz CT molecular complexity index is 913. The van der Waals surface area contributed by atoms with Crippen LogP contribution in [0.3, 0.4) is 0 Å². The predicted octanol–water partition coefficient (Wildman–Crippen LogP) is 5.37. The van der Waals surface area contributed by atoms with Gasteiger partial charge in [-0.05, 0) is 51.3 Å². The lowest BCUT2D eigenvalue weighted by Gasteiger charge is -2.24. The largest absolute Gasteiger partial charge is 0.444 e. The Morgan fingerprint density at radius 3 is 2.65 bits per heavy atom. The second kappa shape index (κ2) is 10.9. The number of alkyl carbamates (subject to hydrolysis) is 1. The van der Waals surface area contributed by atoms with Gasteiger partial charge in [0.25, 0.3) is 5.22 Å². The molecule has 31 heavy (non-hydrogen) atoms. The van der Waals surface area contributed by atoms with Crippen molar-refractivity contribution in [3.05, 3.63) is 34.7 Å². The molecule has 0 bridgehead atoms. The zero-order valence-corrected chi connectivity index (χ0v) is 20.2. The standard InChI is InChI=1S/C21H29ClN4O4S/c1-7-12(2)17(24-19(28)30-21(4,5)6)18-25-26-20(29-18)31-11-16(27)23-15-10-8-9-14(22)13(15)3/h8-10,12,17H,7,11H2,1-6H3,(H,23,27)(H,24,28). The van der Waals surface area contributed by atoms with Gasteiger partial charge in [0.15, 0.2) is 0 Å². The van der Waals surface area contributed by atoms with Gasteiger partial charge < -0.3 is 19.8 Å². The molecule has 1 heterocycles. The van der Waals surface area contributed by atoms with Crippen LogP contribution in [0.4, 0.5) is 10.5 Å². The van der Waals surface area contributed by atoms with Gasteiger partial charge in [-0.2, -0.15) is 0 Å². The van der Waals surface area contributed by atoms with Crippen LogP contribution in [-0.4, -0.2) is 33.6 Å². The first kappa shape index (κ1) is 25.0.